The van der Waals surface area contributed by atoms with Crippen LogP contribution in [0.1, 0.15) is 20.8 Å². The highest BCUT2D eigenvalue weighted by molar-refractivity contribution is 6.06. The molecule has 1 aromatic rings. The number of para-hydroxylation sites is 1. The molecule has 0 unspecified atom stereocenters. The second kappa shape index (κ2) is 7.69. The summed E-state index contributed by atoms with van der Waals surface area (Å²) in [5, 5.41) is 2.79. The van der Waals surface area contributed by atoms with E-state index in [2.05, 4.69) is 10.2 Å². The maximum Gasteiger partial charge on any atom is 0.236 e. The standard InChI is InChI=1S/C15H22N2O2/c1-4-17(5-2)11-14(12(3)18)15(19)16-13-9-7-6-8-10-13/h6-10,14H,4-5,11H2,1-3H3,(H,16,19)/t14-/m1/s1. The van der Waals surface area contributed by atoms with Gasteiger partial charge in [0.2, 0.25) is 5.91 Å². The first-order chi connectivity index (χ1) is 9.08. The minimum Gasteiger partial charge on any atom is -0.325 e. The predicted molar refractivity (Wildman–Crippen MR) is 77.0 cm³/mol. The Morgan fingerprint density at radius 1 is 1.16 bits per heavy atom. The summed E-state index contributed by atoms with van der Waals surface area (Å²) in [5.74, 6) is -0.939. The van der Waals surface area contributed by atoms with Gasteiger partial charge in [-0.2, -0.15) is 0 Å². The minimum absolute atomic E-state index is 0.0969. The van der Waals surface area contributed by atoms with Gasteiger partial charge < -0.3 is 10.2 Å². The van der Waals surface area contributed by atoms with Crippen LogP contribution in [0.3, 0.4) is 0 Å². The first-order valence-electron chi connectivity index (χ1n) is 6.67. The average molecular weight is 262 g/mol. The monoisotopic (exact) mass is 262 g/mol. The number of hydrogen-bond donors (Lipinski definition) is 1. The van der Waals surface area contributed by atoms with Crippen LogP contribution in [0.15, 0.2) is 30.3 Å². The second-order valence-corrected chi connectivity index (χ2v) is 4.50. The van der Waals surface area contributed by atoms with Crippen LogP contribution >= 0.6 is 0 Å². The summed E-state index contributed by atoms with van der Waals surface area (Å²) < 4.78 is 0. The van der Waals surface area contributed by atoms with E-state index in [1.165, 1.54) is 6.92 Å². The zero-order valence-electron chi connectivity index (χ0n) is 11.8. The van der Waals surface area contributed by atoms with Crippen LogP contribution < -0.4 is 5.32 Å². The molecule has 1 amide bonds. The van der Waals surface area contributed by atoms with E-state index in [1.807, 2.05) is 44.2 Å². The van der Waals surface area contributed by atoms with Gasteiger partial charge in [0.1, 0.15) is 11.7 Å². The fraction of sp³-hybridized carbons (Fsp3) is 0.467. The molecule has 19 heavy (non-hydrogen) atoms. The number of nitrogens with zero attached hydrogens (tertiary/aromatic N) is 1. The number of carbonyl (C=O) groups excluding carboxylic acids is 2. The highest BCUT2D eigenvalue weighted by atomic mass is 16.2. The molecule has 4 heteroatoms. The number of rotatable bonds is 7. The van der Waals surface area contributed by atoms with Crippen LogP contribution in [-0.4, -0.2) is 36.2 Å². The molecular formula is C15H22N2O2. The van der Waals surface area contributed by atoms with Gasteiger partial charge in [-0.25, -0.2) is 0 Å². The van der Waals surface area contributed by atoms with Gasteiger partial charge in [-0.3, -0.25) is 9.59 Å². The summed E-state index contributed by atoms with van der Waals surface area (Å²) in [6, 6.07) is 9.21. The molecule has 4 nitrogen and oxygen atoms in total. The molecule has 1 N–H and O–H groups in total. The third kappa shape index (κ3) is 4.83. The SMILES string of the molecule is CCN(CC)C[C@H](C(C)=O)C(=O)Nc1ccccc1. The van der Waals surface area contributed by atoms with Gasteiger partial charge in [0.15, 0.2) is 0 Å². The lowest BCUT2D eigenvalue weighted by molar-refractivity contribution is -0.130. The Morgan fingerprint density at radius 3 is 2.21 bits per heavy atom. The topological polar surface area (TPSA) is 49.4 Å². The van der Waals surface area contributed by atoms with Crippen LogP contribution in [-0.2, 0) is 9.59 Å². The van der Waals surface area contributed by atoms with Gasteiger partial charge in [-0.05, 0) is 32.1 Å². The predicted octanol–water partition coefficient (Wildman–Crippen LogP) is 2.17. The number of anilines is 1. The van der Waals surface area contributed by atoms with Crippen molar-refractivity contribution in [2.75, 3.05) is 25.0 Å². The van der Waals surface area contributed by atoms with Gasteiger partial charge in [-0.1, -0.05) is 32.0 Å². The van der Waals surface area contributed by atoms with Crippen LogP contribution in [0.4, 0.5) is 5.69 Å². The van der Waals surface area contributed by atoms with E-state index in [9.17, 15) is 9.59 Å². The Balaban J connectivity index is 2.71. The van der Waals surface area contributed by atoms with Gasteiger partial charge in [0.05, 0.1) is 0 Å². The normalized spacial score (nSPS) is 12.2. The van der Waals surface area contributed by atoms with Crippen LogP contribution in [0.2, 0.25) is 0 Å². The number of carbonyl (C=O) groups is 2. The molecule has 1 rings (SSSR count). The van der Waals surface area contributed by atoms with E-state index in [1.54, 1.807) is 0 Å². The van der Waals surface area contributed by atoms with Crippen molar-refractivity contribution in [3.8, 4) is 0 Å². The lowest BCUT2D eigenvalue weighted by Gasteiger charge is -2.23. The van der Waals surface area contributed by atoms with Crippen molar-refractivity contribution in [2.45, 2.75) is 20.8 Å². The summed E-state index contributed by atoms with van der Waals surface area (Å²) >= 11 is 0. The molecule has 0 aliphatic carbocycles. The highest BCUT2D eigenvalue weighted by Crippen LogP contribution is 2.10. The molecule has 0 heterocycles. The Labute approximate surface area is 114 Å². The maximum atomic E-state index is 12.2. The van der Waals surface area contributed by atoms with Crippen LogP contribution in [0.25, 0.3) is 0 Å². The quantitative estimate of drug-likeness (QED) is 0.766. The number of ketones is 1. The third-order valence-electron chi connectivity index (χ3n) is 3.18. The first kappa shape index (κ1) is 15.4. The fourth-order valence-electron chi connectivity index (χ4n) is 1.89. The molecule has 0 aliphatic rings. The summed E-state index contributed by atoms with van der Waals surface area (Å²) in [4.78, 5) is 25.9. The summed E-state index contributed by atoms with van der Waals surface area (Å²) in [6.07, 6.45) is 0. The van der Waals surface area contributed by atoms with Gasteiger partial charge in [0.25, 0.3) is 0 Å². The van der Waals surface area contributed by atoms with Crippen molar-refractivity contribution in [2.24, 2.45) is 5.92 Å². The Hall–Kier alpha value is -1.68. The number of amides is 1. The van der Waals surface area contributed by atoms with Crippen molar-refractivity contribution in [3.63, 3.8) is 0 Å². The number of nitrogens with one attached hydrogen (secondary N) is 1. The van der Waals surface area contributed by atoms with Gasteiger partial charge in [-0.15, -0.1) is 0 Å². The largest absolute Gasteiger partial charge is 0.325 e. The molecule has 0 fully saturated rings. The average Bonchev–Trinajstić information content (AvgIpc) is 2.40. The smallest absolute Gasteiger partial charge is 0.236 e. The molecule has 0 saturated heterocycles. The molecule has 1 aromatic carbocycles. The Morgan fingerprint density at radius 2 is 1.74 bits per heavy atom. The van der Waals surface area contributed by atoms with E-state index in [-0.39, 0.29) is 11.7 Å². The molecule has 0 aromatic heterocycles. The van der Waals surface area contributed by atoms with E-state index in [0.29, 0.717) is 6.54 Å². The van der Waals surface area contributed by atoms with Crippen LogP contribution in [0.5, 0.6) is 0 Å². The first-order valence-corrected chi connectivity index (χ1v) is 6.67. The zero-order valence-corrected chi connectivity index (χ0v) is 11.8. The van der Waals surface area contributed by atoms with E-state index >= 15 is 0 Å². The van der Waals surface area contributed by atoms with E-state index in [0.717, 1.165) is 18.8 Å². The van der Waals surface area contributed by atoms with Crippen molar-refractivity contribution < 1.29 is 9.59 Å². The summed E-state index contributed by atoms with van der Waals surface area (Å²) in [7, 11) is 0. The fourth-order valence-corrected chi connectivity index (χ4v) is 1.89. The Kier molecular flexibility index (Phi) is 6.22. The lowest BCUT2D eigenvalue weighted by Crippen LogP contribution is -2.39. The second-order valence-electron chi connectivity index (χ2n) is 4.50. The maximum absolute atomic E-state index is 12.2. The number of Topliss-reactive ketones (excluding diaryl/α,β-unsaturated/α-hetero) is 1. The minimum atomic E-state index is -0.611. The number of benzene rings is 1. The van der Waals surface area contributed by atoms with Crippen molar-refractivity contribution in [1.82, 2.24) is 4.90 Å². The molecular weight excluding hydrogens is 240 g/mol. The lowest BCUT2D eigenvalue weighted by atomic mass is 10.0. The molecule has 0 radical (unpaired) electrons. The molecule has 104 valence electrons. The zero-order chi connectivity index (χ0) is 14.3. The molecule has 0 spiro atoms. The number of hydrogen-bond acceptors (Lipinski definition) is 3. The summed E-state index contributed by atoms with van der Waals surface area (Å²) in [6.45, 7) is 7.66. The molecule has 0 saturated carbocycles. The van der Waals surface area contributed by atoms with Gasteiger partial charge in [0, 0.05) is 12.2 Å². The molecule has 1 atom stereocenters. The van der Waals surface area contributed by atoms with Crippen molar-refractivity contribution in [3.05, 3.63) is 30.3 Å². The summed E-state index contributed by atoms with van der Waals surface area (Å²) in [5.41, 5.74) is 0.721. The third-order valence-corrected chi connectivity index (χ3v) is 3.18. The molecule has 0 bridgehead atoms. The van der Waals surface area contributed by atoms with Crippen LogP contribution in [0, 0.1) is 5.92 Å². The van der Waals surface area contributed by atoms with Crippen molar-refractivity contribution >= 4 is 17.4 Å². The Bertz CT molecular complexity index is 413. The highest BCUT2D eigenvalue weighted by Gasteiger charge is 2.25. The van der Waals surface area contributed by atoms with E-state index < -0.39 is 5.92 Å². The van der Waals surface area contributed by atoms with Gasteiger partial charge >= 0.3 is 0 Å². The molecule has 0 aliphatic heterocycles. The van der Waals surface area contributed by atoms with E-state index in [4.69, 9.17) is 0 Å². The van der Waals surface area contributed by atoms with Crippen molar-refractivity contribution in [1.29, 1.82) is 0 Å².